The van der Waals surface area contributed by atoms with Gasteiger partial charge >= 0.3 is 0 Å². The smallest absolute Gasteiger partial charge is 0.195 e. The summed E-state index contributed by atoms with van der Waals surface area (Å²) in [7, 11) is 1.78. The zero-order valence-corrected chi connectivity index (χ0v) is 7.50. The van der Waals surface area contributed by atoms with Gasteiger partial charge in [-0.25, -0.2) is 0 Å². The maximum absolute atomic E-state index is 11.4. The van der Waals surface area contributed by atoms with Crippen molar-refractivity contribution in [1.82, 2.24) is 0 Å². The predicted molar refractivity (Wildman–Crippen MR) is 54.0 cm³/mol. The van der Waals surface area contributed by atoms with E-state index in [1.807, 2.05) is 18.2 Å². The van der Waals surface area contributed by atoms with Crippen LogP contribution in [-0.2, 0) is 0 Å². The minimum atomic E-state index is -0.0834. The predicted octanol–water partition coefficient (Wildman–Crippen LogP) is 2.25. The van der Waals surface area contributed by atoms with Crippen LogP contribution in [0.5, 0.6) is 0 Å². The molecule has 0 unspecified atom stereocenters. The molecule has 0 fully saturated rings. The van der Waals surface area contributed by atoms with Gasteiger partial charge in [0.15, 0.2) is 5.78 Å². The number of allylic oxidation sites excluding steroid dienone is 1. The number of hydrogen-bond donors (Lipinski definition) is 1. The molecule has 0 saturated heterocycles. The summed E-state index contributed by atoms with van der Waals surface area (Å²) >= 11 is 0. The molecule has 0 bridgehead atoms. The SMILES string of the molecule is C=C=CC(=O)c1ccccc1NC. The largest absolute Gasteiger partial charge is 0.388 e. The number of benzene rings is 1. The average molecular weight is 173 g/mol. The third-order valence-electron chi connectivity index (χ3n) is 1.70. The van der Waals surface area contributed by atoms with Gasteiger partial charge in [-0.15, -0.1) is 5.73 Å². The topological polar surface area (TPSA) is 29.1 Å². The molecule has 0 atom stereocenters. The van der Waals surface area contributed by atoms with Gasteiger partial charge in [0.2, 0.25) is 0 Å². The van der Waals surface area contributed by atoms with Crippen LogP contribution in [0.3, 0.4) is 0 Å². The highest BCUT2D eigenvalue weighted by molar-refractivity contribution is 6.08. The fraction of sp³-hybridized carbons (Fsp3) is 0.0909. The molecule has 2 heteroatoms. The Kier molecular flexibility index (Phi) is 3.07. The second-order valence-electron chi connectivity index (χ2n) is 2.51. The van der Waals surface area contributed by atoms with Crippen LogP contribution in [0.2, 0.25) is 0 Å². The lowest BCUT2D eigenvalue weighted by atomic mass is 10.1. The highest BCUT2D eigenvalue weighted by atomic mass is 16.1. The maximum atomic E-state index is 11.4. The zero-order chi connectivity index (χ0) is 9.68. The number of para-hydroxylation sites is 1. The van der Waals surface area contributed by atoms with E-state index in [2.05, 4.69) is 17.6 Å². The van der Waals surface area contributed by atoms with Crippen LogP contribution < -0.4 is 5.32 Å². The molecule has 2 nitrogen and oxygen atoms in total. The van der Waals surface area contributed by atoms with Gasteiger partial charge in [-0.2, -0.15) is 0 Å². The Hall–Kier alpha value is -1.79. The first-order valence-corrected chi connectivity index (χ1v) is 3.96. The molecule has 0 spiro atoms. The van der Waals surface area contributed by atoms with Crippen LogP contribution in [0.25, 0.3) is 0 Å². The molecule has 0 aliphatic heterocycles. The van der Waals surface area contributed by atoms with Gasteiger partial charge in [-0.3, -0.25) is 4.79 Å². The Morgan fingerprint density at radius 1 is 1.54 bits per heavy atom. The second-order valence-corrected chi connectivity index (χ2v) is 2.51. The van der Waals surface area contributed by atoms with E-state index in [1.165, 1.54) is 6.08 Å². The highest BCUT2D eigenvalue weighted by Gasteiger charge is 2.05. The molecule has 1 rings (SSSR count). The minimum Gasteiger partial charge on any atom is -0.388 e. The van der Waals surface area contributed by atoms with Gasteiger partial charge in [0.1, 0.15) is 0 Å². The number of ketones is 1. The average Bonchev–Trinajstić information content (AvgIpc) is 2.18. The van der Waals surface area contributed by atoms with Gasteiger partial charge in [0.25, 0.3) is 0 Å². The first kappa shape index (κ1) is 9.30. The van der Waals surface area contributed by atoms with Crippen LogP contribution in [-0.4, -0.2) is 12.8 Å². The Bertz CT molecular complexity index is 362. The van der Waals surface area contributed by atoms with Crippen LogP contribution >= 0.6 is 0 Å². The summed E-state index contributed by atoms with van der Waals surface area (Å²) in [6.45, 7) is 3.36. The van der Waals surface area contributed by atoms with Crippen molar-refractivity contribution in [2.75, 3.05) is 12.4 Å². The molecule has 0 aliphatic rings. The van der Waals surface area contributed by atoms with Crippen molar-refractivity contribution in [2.45, 2.75) is 0 Å². The van der Waals surface area contributed by atoms with Gasteiger partial charge in [-0.1, -0.05) is 18.7 Å². The molecule has 1 aromatic carbocycles. The van der Waals surface area contributed by atoms with E-state index >= 15 is 0 Å². The monoisotopic (exact) mass is 173 g/mol. The summed E-state index contributed by atoms with van der Waals surface area (Å²) in [4.78, 5) is 11.4. The zero-order valence-electron chi connectivity index (χ0n) is 7.50. The molecule has 0 aromatic heterocycles. The molecule has 0 saturated carbocycles. The normalized spacial score (nSPS) is 8.69. The third kappa shape index (κ3) is 2.08. The van der Waals surface area contributed by atoms with Crippen molar-refractivity contribution in [3.8, 4) is 0 Å². The van der Waals surface area contributed by atoms with Crippen molar-refractivity contribution < 1.29 is 4.79 Å². The molecule has 0 aliphatic carbocycles. The fourth-order valence-electron chi connectivity index (χ4n) is 1.09. The molecule has 0 radical (unpaired) electrons. The Labute approximate surface area is 77.6 Å². The van der Waals surface area contributed by atoms with Gasteiger partial charge < -0.3 is 5.32 Å². The first-order valence-electron chi connectivity index (χ1n) is 3.96. The number of rotatable bonds is 3. The maximum Gasteiger partial charge on any atom is 0.195 e. The number of anilines is 1. The lowest BCUT2D eigenvalue weighted by Gasteiger charge is -2.04. The van der Waals surface area contributed by atoms with E-state index in [1.54, 1.807) is 13.1 Å². The summed E-state index contributed by atoms with van der Waals surface area (Å²) < 4.78 is 0. The summed E-state index contributed by atoms with van der Waals surface area (Å²) in [5.74, 6) is -0.0834. The second kappa shape index (κ2) is 4.29. The Balaban J connectivity index is 3.12. The molecular formula is C11H11NO. The molecule has 1 aromatic rings. The van der Waals surface area contributed by atoms with E-state index in [0.29, 0.717) is 5.56 Å². The van der Waals surface area contributed by atoms with Crippen molar-refractivity contribution >= 4 is 11.5 Å². The minimum absolute atomic E-state index is 0.0834. The van der Waals surface area contributed by atoms with Crippen molar-refractivity contribution in [1.29, 1.82) is 0 Å². The van der Waals surface area contributed by atoms with E-state index in [-0.39, 0.29) is 5.78 Å². The lowest BCUT2D eigenvalue weighted by Crippen LogP contribution is -2.00. The summed E-state index contributed by atoms with van der Waals surface area (Å²) in [6.07, 6.45) is 1.33. The van der Waals surface area contributed by atoms with E-state index in [0.717, 1.165) is 5.69 Å². The lowest BCUT2D eigenvalue weighted by molar-refractivity contribution is 0.104. The van der Waals surface area contributed by atoms with Crippen molar-refractivity contribution in [3.63, 3.8) is 0 Å². The number of hydrogen-bond acceptors (Lipinski definition) is 2. The molecular weight excluding hydrogens is 162 g/mol. The van der Waals surface area contributed by atoms with Crippen LogP contribution in [0, 0.1) is 0 Å². The number of carbonyl (C=O) groups is 1. The van der Waals surface area contributed by atoms with Crippen molar-refractivity contribution in [3.05, 3.63) is 48.2 Å². The van der Waals surface area contributed by atoms with Gasteiger partial charge in [-0.05, 0) is 12.1 Å². The van der Waals surface area contributed by atoms with Crippen LogP contribution in [0.15, 0.2) is 42.7 Å². The molecule has 1 N–H and O–H groups in total. The molecule has 0 heterocycles. The molecule has 0 amide bonds. The highest BCUT2D eigenvalue weighted by Crippen LogP contribution is 2.14. The first-order chi connectivity index (χ1) is 6.29. The third-order valence-corrected chi connectivity index (χ3v) is 1.70. The van der Waals surface area contributed by atoms with E-state index in [9.17, 15) is 4.79 Å². The molecule has 66 valence electrons. The van der Waals surface area contributed by atoms with Gasteiger partial charge in [0, 0.05) is 24.4 Å². The Morgan fingerprint density at radius 3 is 2.85 bits per heavy atom. The van der Waals surface area contributed by atoms with Crippen LogP contribution in [0.4, 0.5) is 5.69 Å². The number of carbonyl (C=O) groups excluding carboxylic acids is 1. The summed E-state index contributed by atoms with van der Waals surface area (Å²) in [5.41, 5.74) is 3.92. The number of nitrogens with one attached hydrogen (secondary N) is 1. The van der Waals surface area contributed by atoms with Crippen molar-refractivity contribution in [2.24, 2.45) is 0 Å². The van der Waals surface area contributed by atoms with E-state index < -0.39 is 0 Å². The summed E-state index contributed by atoms with van der Waals surface area (Å²) in [5, 5.41) is 2.95. The van der Waals surface area contributed by atoms with Crippen LogP contribution in [0.1, 0.15) is 10.4 Å². The van der Waals surface area contributed by atoms with E-state index in [4.69, 9.17) is 0 Å². The quantitative estimate of drug-likeness (QED) is 0.431. The Morgan fingerprint density at radius 2 is 2.23 bits per heavy atom. The standard InChI is InChI=1S/C11H11NO/c1-3-6-11(13)9-7-4-5-8-10(9)12-2/h4-8,12H,1H2,2H3. The summed E-state index contributed by atoms with van der Waals surface area (Å²) in [6, 6.07) is 7.32. The molecule has 13 heavy (non-hydrogen) atoms. The van der Waals surface area contributed by atoms with Gasteiger partial charge in [0.05, 0.1) is 0 Å². The fourth-order valence-corrected chi connectivity index (χ4v) is 1.09.